The van der Waals surface area contributed by atoms with Gasteiger partial charge >= 0.3 is 0 Å². The number of amides is 1. The van der Waals surface area contributed by atoms with Gasteiger partial charge in [-0.2, -0.15) is 0 Å². The van der Waals surface area contributed by atoms with Gasteiger partial charge in [-0.05, 0) is 48.0 Å². The number of hydrogen-bond acceptors (Lipinski definition) is 5. The van der Waals surface area contributed by atoms with Crippen molar-refractivity contribution < 1.29 is 9.90 Å². The fraction of sp³-hybridized carbons (Fsp3) is 0.111. The van der Waals surface area contributed by atoms with Crippen LogP contribution < -0.4 is 9.80 Å². The molecule has 0 atom stereocenters. The van der Waals surface area contributed by atoms with Gasteiger partial charge in [0.15, 0.2) is 4.32 Å². The monoisotopic (exact) mass is 356 g/mol. The van der Waals surface area contributed by atoms with E-state index in [1.165, 1.54) is 11.8 Å². The number of aromatic hydroxyl groups is 1. The van der Waals surface area contributed by atoms with Crippen molar-refractivity contribution in [3.8, 4) is 5.75 Å². The van der Waals surface area contributed by atoms with Crippen molar-refractivity contribution in [3.05, 3.63) is 59.0 Å². The fourth-order valence-electron chi connectivity index (χ4n) is 2.31. The third-order valence-corrected chi connectivity index (χ3v) is 4.91. The number of phenols is 1. The Morgan fingerprint density at radius 1 is 1.08 bits per heavy atom. The SMILES string of the molecule is CN(C)c1ccc(N2C(=O)C(=Cc3ccc(O)cc3)SC2=S)cc1. The summed E-state index contributed by atoms with van der Waals surface area (Å²) in [5.74, 6) is 0.0661. The van der Waals surface area contributed by atoms with Gasteiger partial charge in [0.25, 0.3) is 5.91 Å². The molecule has 0 saturated carbocycles. The molecule has 6 heteroatoms. The van der Waals surface area contributed by atoms with Crippen LogP contribution in [0.3, 0.4) is 0 Å². The molecule has 1 heterocycles. The minimum Gasteiger partial charge on any atom is -0.508 e. The molecular formula is C18H16N2O2S2. The number of rotatable bonds is 3. The second-order valence-corrected chi connectivity index (χ2v) is 7.20. The molecule has 0 spiro atoms. The summed E-state index contributed by atoms with van der Waals surface area (Å²) >= 11 is 6.66. The van der Waals surface area contributed by atoms with E-state index in [1.54, 1.807) is 35.2 Å². The Kier molecular flexibility index (Phi) is 4.59. The highest BCUT2D eigenvalue weighted by Gasteiger charge is 2.33. The van der Waals surface area contributed by atoms with Crippen molar-refractivity contribution in [2.24, 2.45) is 0 Å². The molecule has 24 heavy (non-hydrogen) atoms. The van der Waals surface area contributed by atoms with Gasteiger partial charge in [0.2, 0.25) is 0 Å². The highest BCUT2D eigenvalue weighted by atomic mass is 32.2. The van der Waals surface area contributed by atoms with Crippen LogP contribution in [0.2, 0.25) is 0 Å². The molecule has 2 aromatic rings. The van der Waals surface area contributed by atoms with Crippen LogP contribution in [0.25, 0.3) is 6.08 Å². The second kappa shape index (κ2) is 6.67. The Balaban J connectivity index is 1.87. The molecule has 0 unspecified atom stereocenters. The zero-order valence-corrected chi connectivity index (χ0v) is 14.9. The minimum atomic E-state index is -0.129. The number of thioether (sulfide) groups is 1. The lowest BCUT2D eigenvalue weighted by Crippen LogP contribution is -2.27. The summed E-state index contributed by atoms with van der Waals surface area (Å²) in [7, 11) is 3.93. The lowest BCUT2D eigenvalue weighted by Gasteiger charge is -2.17. The molecule has 1 aliphatic heterocycles. The van der Waals surface area contributed by atoms with Crippen LogP contribution in [0, 0.1) is 0 Å². The van der Waals surface area contributed by atoms with E-state index in [0.29, 0.717) is 9.23 Å². The summed E-state index contributed by atoms with van der Waals surface area (Å²) in [6.45, 7) is 0. The molecule has 1 fully saturated rings. The maximum Gasteiger partial charge on any atom is 0.270 e. The first-order chi connectivity index (χ1) is 11.5. The number of thiocarbonyl (C=S) groups is 1. The molecule has 1 saturated heterocycles. The smallest absolute Gasteiger partial charge is 0.270 e. The van der Waals surface area contributed by atoms with E-state index in [9.17, 15) is 9.90 Å². The third-order valence-electron chi connectivity index (χ3n) is 3.61. The van der Waals surface area contributed by atoms with E-state index >= 15 is 0 Å². The van der Waals surface area contributed by atoms with E-state index in [1.807, 2.05) is 43.3 Å². The Labute approximate surface area is 150 Å². The van der Waals surface area contributed by atoms with Gasteiger partial charge in [-0.1, -0.05) is 36.1 Å². The average molecular weight is 356 g/mol. The Hall–Kier alpha value is -2.31. The molecule has 1 amide bonds. The largest absolute Gasteiger partial charge is 0.508 e. The van der Waals surface area contributed by atoms with Crippen LogP contribution in [0.5, 0.6) is 5.75 Å². The van der Waals surface area contributed by atoms with Crippen LogP contribution >= 0.6 is 24.0 Å². The van der Waals surface area contributed by atoms with E-state index < -0.39 is 0 Å². The summed E-state index contributed by atoms with van der Waals surface area (Å²) in [5.41, 5.74) is 2.66. The number of hydrogen-bond donors (Lipinski definition) is 1. The maximum atomic E-state index is 12.7. The van der Waals surface area contributed by atoms with Crippen molar-refractivity contribution >= 4 is 51.7 Å². The molecule has 1 N–H and O–H groups in total. The third kappa shape index (κ3) is 3.29. The summed E-state index contributed by atoms with van der Waals surface area (Å²) in [6.07, 6.45) is 1.78. The highest BCUT2D eigenvalue weighted by Crippen LogP contribution is 2.36. The zero-order chi connectivity index (χ0) is 17.3. The summed E-state index contributed by atoms with van der Waals surface area (Å²) < 4.78 is 0.516. The molecular weight excluding hydrogens is 340 g/mol. The number of benzene rings is 2. The predicted octanol–water partition coefficient (Wildman–Crippen LogP) is 3.86. The first-order valence-electron chi connectivity index (χ1n) is 7.30. The Morgan fingerprint density at radius 2 is 1.71 bits per heavy atom. The number of carbonyl (C=O) groups excluding carboxylic acids is 1. The molecule has 1 aliphatic rings. The quantitative estimate of drug-likeness (QED) is 0.668. The van der Waals surface area contributed by atoms with Crippen LogP contribution in [-0.4, -0.2) is 29.4 Å². The standard InChI is InChI=1S/C18H16N2O2S2/c1-19(2)13-5-7-14(8-6-13)20-17(22)16(24-18(20)23)11-12-3-9-15(21)10-4-12/h3-11,21H,1-2H3. The molecule has 0 aliphatic carbocycles. The normalized spacial score (nSPS) is 16.1. The summed E-state index contributed by atoms with van der Waals surface area (Å²) in [5, 5.41) is 9.34. The van der Waals surface area contributed by atoms with E-state index in [4.69, 9.17) is 12.2 Å². The molecule has 4 nitrogen and oxygen atoms in total. The maximum absolute atomic E-state index is 12.7. The van der Waals surface area contributed by atoms with Crippen molar-refractivity contribution in [2.75, 3.05) is 23.9 Å². The summed E-state index contributed by atoms with van der Waals surface area (Å²) in [4.78, 5) is 16.8. The van der Waals surface area contributed by atoms with Gasteiger partial charge in [-0.3, -0.25) is 9.69 Å². The lowest BCUT2D eigenvalue weighted by atomic mass is 10.2. The van der Waals surface area contributed by atoms with Crippen LogP contribution in [0.1, 0.15) is 5.56 Å². The number of phenolic OH excluding ortho intramolecular Hbond substituents is 1. The van der Waals surface area contributed by atoms with Crippen LogP contribution in [0.4, 0.5) is 11.4 Å². The summed E-state index contributed by atoms with van der Waals surface area (Å²) in [6, 6.07) is 14.4. The van der Waals surface area contributed by atoms with Gasteiger partial charge in [0, 0.05) is 19.8 Å². The Morgan fingerprint density at radius 3 is 2.29 bits per heavy atom. The zero-order valence-electron chi connectivity index (χ0n) is 13.3. The van der Waals surface area contributed by atoms with E-state index in [0.717, 1.165) is 16.9 Å². The molecule has 122 valence electrons. The van der Waals surface area contributed by atoms with Crippen molar-refractivity contribution in [1.29, 1.82) is 0 Å². The lowest BCUT2D eigenvalue weighted by molar-refractivity contribution is -0.113. The van der Waals surface area contributed by atoms with E-state index in [2.05, 4.69) is 0 Å². The first-order valence-corrected chi connectivity index (χ1v) is 8.52. The molecule has 0 radical (unpaired) electrons. The van der Waals surface area contributed by atoms with Crippen molar-refractivity contribution in [1.82, 2.24) is 0 Å². The Bertz CT molecular complexity index is 812. The second-order valence-electron chi connectivity index (χ2n) is 5.52. The number of carbonyl (C=O) groups is 1. The van der Waals surface area contributed by atoms with Gasteiger partial charge in [0.05, 0.1) is 10.6 Å². The first kappa shape index (κ1) is 16.5. The molecule has 2 aromatic carbocycles. The van der Waals surface area contributed by atoms with Gasteiger partial charge < -0.3 is 10.0 Å². The topological polar surface area (TPSA) is 43.8 Å². The van der Waals surface area contributed by atoms with Gasteiger partial charge in [0.1, 0.15) is 5.75 Å². The predicted molar refractivity (Wildman–Crippen MR) is 105 cm³/mol. The van der Waals surface area contributed by atoms with Crippen LogP contribution in [0.15, 0.2) is 53.4 Å². The molecule has 0 bridgehead atoms. The van der Waals surface area contributed by atoms with Gasteiger partial charge in [-0.15, -0.1) is 0 Å². The van der Waals surface area contributed by atoms with E-state index in [-0.39, 0.29) is 11.7 Å². The van der Waals surface area contributed by atoms with Crippen molar-refractivity contribution in [3.63, 3.8) is 0 Å². The molecule has 0 aromatic heterocycles. The molecule has 3 rings (SSSR count). The highest BCUT2D eigenvalue weighted by molar-refractivity contribution is 8.27. The van der Waals surface area contributed by atoms with Crippen molar-refractivity contribution in [2.45, 2.75) is 0 Å². The van der Waals surface area contributed by atoms with Crippen LogP contribution in [-0.2, 0) is 4.79 Å². The van der Waals surface area contributed by atoms with Gasteiger partial charge in [-0.25, -0.2) is 0 Å². The fourth-order valence-corrected chi connectivity index (χ4v) is 3.61. The minimum absolute atomic E-state index is 0.129. The number of nitrogens with zero attached hydrogens (tertiary/aromatic N) is 2. The number of anilines is 2. The average Bonchev–Trinajstić information content (AvgIpc) is 2.83.